The number of carbonyl (C=O) groups excluding carboxylic acids is 2. The molecule has 0 aliphatic heterocycles. The Kier molecular flexibility index (Phi) is 6.07. The van der Waals surface area contributed by atoms with Gasteiger partial charge in [-0.25, -0.2) is 4.79 Å². The predicted octanol–water partition coefficient (Wildman–Crippen LogP) is 4.78. The summed E-state index contributed by atoms with van der Waals surface area (Å²) < 4.78 is 10.7. The smallest absolute Gasteiger partial charge is 0.341 e. The molecule has 0 saturated carbocycles. The minimum atomic E-state index is -0.727. The van der Waals surface area contributed by atoms with Crippen LogP contribution >= 0.6 is 22.9 Å². The lowest BCUT2D eigenvalue weighted by atomic mass is 9.95. The number of hydrogen-bond donors (Lipinski definition) is 1. The van der Waals surface area contributed by atoms with Crippen LogP contribution in [0.3, 0.4) is 0 Å². The number of thiophene rings is 1. The summed E-state index contributed by atoms with van der Waals surface area (Å²) in [5.41, 5.74) is 2.35. The van der Waals surface area contributed by atoms with Crippen LogP contribution in [0.2, 0.25) is 5.02 Å². The number of amides is 1. The largest absolute Gasteiger partial charge is 0.481 e. The van der Waals surface area contributed by atoms with E-state index in [4.69, 9.17) is 21.1 Å². The van der Waals surface area contributed by atoms with E-state index in [1.165, 1.54) is 18.4 Å². The fourth-order valence-corrected chi connectivity index (χ4v) is 4.68. The molecule has 1 aromatic carbocycles. The fraction of sp³-hybridized carbons (Fsp3) is 0.400. The van der Waals surface area contributed by atoms with E-state index in [1.807, 2.05) is 6.92 Å². The van der Waals surface area contributed by atoms with Crippen molar-refractivity contribution in [2.45, 2.75) is 45.6 Å². The van der Waals surface area contributed by atoms with E-state index in [0.29, 0.717) is 21.3 Å². The Labute approximate surface area is 167 Å². The number of methoxy groups -OCH3 is 1. The Balaban J connectivity index is 1.79. The van der Waals surface area contributed by atoms with E-state index in [-0.39, 0.29) is 5.91 Å². The van der Waals surface area contributed by atoms with Crippen molar-refractivity contribution in [2.75, 3.05) is 12.4 Å². The molecule has 1 aromatic heterocycles. The summed E-state index contributed by atoms with van der Waals surface area (Å²) in [5.74, 6) is -0.124. The molecule has 0 spiro atoms. The number of anilines is 1. The highest BCUT2D eigenvalue weighted by molar-refractivity contribution is 7.17. The molecule has 0 radical (unpaired) electrons. The molecular formula is C20H22ClNO4S. The monoisotopic (exact) mass is 407 g/mol. The van der Waals surface area contributed by atoms with Crippen LogP contribution in [0, 0.1) is 6.92 Å². The number of fused-ring (bicyclic) bond motifs is 1. The molecule has 27 heavy (non-hydrogen) atoms. The second-order valence-corrected chi connectivity index (χ2v) is 8.11. The van der Waals surface area contributed by atoms with E-state index in [2.05, 4.69) is 5.32 Å². The molecule has 0 fully saturated rings. The van der Waals surface area contributed by atoms with Crippen molar-refractivity contribution in [3.8, 4) is 5.75 Å². The molecular weight excluding hydrogens is 386 g/mol. The molecule has 1 atom stereocenters. The summed E-state index contributed by atoms with van der Waals surface area (Å²) in [4.78, 5) is 26.1. The third-order valence-corrected chi connectivity index (χ3v) is 6.05. The molecule has 1 N–H and O–H groups in total. The molecule has 1 aliphatic rings. The van der Waals surface area contributed by atoms with Gasteiger partial charge in [0.25, 0.3) is 5.91 Å². The average Bonchev–Trinajstić information content (AvgIpc) is 3.01. The highest BCUT2D eigenvalue weighted by Crippen LogP contribution is 2.38. The lowest BCUT2D eigenvalue weighted by molar-refractivity contribution is -0.122. The first-order chi connectivity index (χ1) is 12.9. The van der Waals surface area contributed by atoms with Crippen LogP contribution in [0.15, 0.2) is 18.2 Å². The summed E-state index contributed by atoms with van der Waals surface area (Å²) in [5, 5.41) is 4.02. The van der Waals surface area contributed by atoms with Gasteiger partial charge in [-0.05, 0) is 68.9 Å². The Bertz CT molecular complexity index is 877. The van der Waals surface area contributed by atoms with Crippen LogP contribution in [0.1, 0.15) is 46.1 Å². The molecule has 1 aliphatic carbocycles. The van der Waals surface area contributed by atoms with Crippen molar-refractivity contribution in [3.05, 3.63) is 44.8 Å². The number of aryl methyl sites for hydroxylation is 2. The molecule has 7 heteroatoms. The van der Waals surface area contributed by atoms with Crippen LogP contribution in [0.5, 0.6) is 5.75 Å². The van der Waals surface area contributed by atoms with Gasteiger partial charge in [-0.1, -0.05) is 11.6 Å². The normalized spacial score (nSPS) is 14.2. The lowest BCUT2D eigenvalue weighted by Gasteiger charge is -2.16. The Hall–Kier alpha value is -2.05. The van der Waals surface area contributed by atoms with Crippen molar-refractivity contribution in [1.29, 1.82) is 0 Å². The quantitative estimate of drug-likeness (QED) is 0.724. The maximum absolute atomic E-state index is 12.7. The van der Waals surface area contributed by atoms with E-state index in [0.717, 1.165) is 41.7 Å². The van der Waals surface area contributed by atoms with Gasteiger partial charge in [0.15, 0.2) is 6.10 Å². The zero-order valence-electron chi connectivity index (χ0n) is 15.6. The molecule has 1 amide bonds. The third-order valence-electron chi connectivity index (χ3n) is 4.61. The van der Waals surface area contributed by atoms with Crippen molar-refractivity contribution in [3.63, 3.8) is 0 Å². The van der Waals surface area contributed by atoms with Gasteiger partial charge in [0.05, 0.1) is 12.7 Å². The summed E-state index contributed by atoms with van der Waals surface area (Å²) in [6, 6.07) is 5.24. The maximum Gasteiger partial charge on any atom is 0.341 e. The zero-order valence-corrected chi connectivity index (χ0v) is 17.1. The summed E-state index contributed by atoms with van der Waals surface area (Å²) in [7, 11) is 1.36. The minimum Gasteiger partial charge on any atom is -0.481 e. The van der Waals surface area contributed by atoms with E-state index in [1.54, 1.807) is 25.1 Å². The number of halogens is 1. The second-order valence-electron chi connectivity index (χ2n) is 6.57. The number of ether oxygens (including phenoxy) is 2. The van der Waals surface area contributed by atoms with Gasteiger partial charge < -0.3 is 14.8 Å². The molecule has 0 bridgehead atoms. The number of rotatable bonds is 5. The lowest BCUT2D eigenvalue weighted by Crippen LogP contribution is -2.30. The van der Waals surface area contributed by atoms with Crippen molar-refractivity contribution < 1.29 is 19.1 Å². The molecule has 3 rings (SSSR count). The topological polar surface area (TPSA) is 64.6 Å². The van der Waals surface area contributed by atoms with Crippen LogP contribution in [-0.4, -0.2) is 25.1 Å². The number of nitrogens with one attached hydrogen (secondary N) is 1. The number of carbonyl (C=O) groups is 2. The Morgan fingerprint density at radius 1 is 1.26 bits per heavy atom. The standard InChI is InChI=1S/C20H22ClNO4S/c1-11-10-13(21)8-9-15(11)26-12(2)18(23)22-19-17(20(24)25-3)14-6-4-5-7-16(14)27-19/h8-10,12H,4-7H2,1-3H3,(H,22,23)/t12-/m0/s1. The summed E-state index contributed by atoms with van der Waals surface area (Å²) in [6.07, 6.45) is 3.17. The summed E-state index contributed by atoms with van der Waals surface area (Å²) >= 11 is 7.41. The first kappa shape index (κ1) is 19.7. The van der Waals surface area contributed by atoms with E-state index < -0.39 is 12.1 Å². The first-order valence-electron chi connectivity index (χ1n) is 8.87. The molecule has 5 nitrogen and oxygen atoms in total. The molecule has 0 saturated heterocycles. The SMILES string of the molecule is COC(=O)c1c(NC(=O)[C@H](C)Oc2ccc(Cl)cc2C)sc2c1CCCC2. The predicted molar refractivity (Wildman–Crippen MR) is 107 cm³/mol. The van der Waals surface area contributed by atoms with Crippen LogP contribution in [0.4, 0.5) is 5.00 Å². The molecule has 0 unspecified atom stereocenters. The molecule has 2 aromatic rings. The van der Waals surface area contributed by atoms with E-state index in [9.17, 15) is 9.59 Å². The highest BCUT2D eigenvalue weighted by Gasteiger charge is 2.28. The summed E-state index contributed by atoms with van der Waals surface area (Å²) in [6.45, 7) is 3.54. The number of benzene rings is 1. The minimum absolute atomic E-state index is 0.312. The van der Waals surface area contributed by atoms with Gasteiger partial charge in [-0.3, -0.25) is 4.79 Å². The molecule has 144 valence electrons. The fourth-order valence-electron chi connectivity index (χ4n) is 3.17. The average molecular weight is 408 g/mol. The van der Waals surface area contributed by atoms with Crippen molar-refractivity contribution in [2.24, 2.45) is 0 Å². The van der Waals surface area contributed by atoms with Crippen LogP contribution in [0.25, 0.3) is 0 Å². The van der Waals surface area contributed by atoms with E-state index >= 15 is 0 Å². The van der Waals surface area contributed by atoms with Crippen molar-refractivity contribution >= 4 is 39.8 Å². The van der Waals surface area contributed by atoms with Gasteiger partial charge in [0.2, 0.25) is 0 Å². The third kappa shape index (κ3) is 4.28. The van der Waals surface area contributed by atoms with Gasteiger partial charge in [0, 0.05) is 9.90 Å². The highest BCUT2D eigenvalue weighted by atomic mass is 35.5. The number of hydrogen-bond acceptors (Lipinski definition) is 5. The first-order valence-corrected chi connectivity index (χ1v) is 10.1. The van der Waals surface area contributed by atoms with Gasteiger partial charge in [-0.2, -0.15) is 0 Å². The van der Waals surface area contributed by atoms with Crippen LogP contribution < -0.4 is 10.1 Å². The second kappa shape index (κ2) is 8.31. The van der Waals surface area contributed by atoms with Crippen molar-refractivity contribution in [1.82, 2.24) is 0 Å². The van der Waals surface area contributed by atoms with Crippen LogP contribution in [-0.2, 0) is 22.4 Å². The Morgan fingerprint density at radius 2 is 2.00 bits per heavy atom. The van der Waals surface area contributed by atoms with Gasteiger partial charge in [0.1, 0.15) is 10.8 Å². The van der Waals surface area contributed by atoms with Gasteiger partial charge in [-0.15, -0.1) is 11.3 Å². The zero-order chi connectivity index (χ0) is 19.6. The molecule has 1 heterocycles. The Morgan fingerprint density at radius 3 is 2.70 bits per heavy atom. The van der Waals surface area contributed by atoms with Gasteiger partial charge >= 0.3 is 5.97 Å². The maximum atomic E-state index is 12.7. The number of esters is 1.